The molecule has 6 heteroatoms. The molecule has 0 radical (unpaired) electrons. The minimum absolute atomic E-state index is 0.0158. The van der Waals surface area contributed by atoms with Crippen molar-refractivity contribution in [3.05, 3.63) is 71.5 Å². The Balaban J connectivity index is 1.94. The summed E-state index contributed by atoms with van der Waals surface area (Å²) in [6.07, 6.45) is 0.210. The van der Waals surface area contributed by atoms with Crippen molar-refractivity contribution >= 4 is 11.7 Å². The summed E-state index contributed by atoms with van der Waals surface area (Å²) in [5, 5.41) is 10.5. The van der Waals surface area contributed by atoms with Gasteiger partial charge in [-0.15, -0.1) is 0 Å². The van der Waals surface area contributed by atoms with Crippen LogP contribution in [0.3, 0.4) is 0 Å². The smallest absolute Gasteiger partial charge is 0.290 e. The van der Waals surface area contributed by atoms with Crippen molar-refractivity contribution in [2.75, 3.05) is 13.2 Å². The molecule has 2 aromatic carbocycles. The molecule has 1 N–H and O–H groups in total. The Labute approximate surface area is 176 Å². The van der Waals surface area contributed by atoms with Crippen LogP contribution in [0.1, 0.15) is 38.8 Å². The summed E-state index contributed by atoms with van der Waals surface area (Å²) < 4.78 is 11.5. The fourth-order valence-electron chi connectivity index (χ4n) is 3.47. The number of nitrogens with zero attached hydrogens (tertiary/aromatic N) is 1. The van der Waals surface area contributed by atoms with Crippen LogP contribution in [-0.4, -0.2) is 41.0 Å². The zero-order chi connectivity index (χ0) is 21.7. The Bertz CT molecular complexity index is 936. The zero-order valence-corrected chi connectivity index (χ0v) is 17.5. The number of amides is 1. The first-order valence-electron chi connectivity index (χ1n) is 10.1. The number of carbonyl (C=O) groups is 2. The lowest BCUT2D eigenvalue weighted by molar-refractivity contribution is -0.130. The van der Waals surface area contributed by atoms with Gasteiger partial charge in [-0.05, 0) is 43.7 Å². The highest BCUT2D eigenvalue weighted by Gasteiger charge is 2.42. The van der Waals surface area contributed by atoms with Crippen molar-refractivity contribution in [3.8, 4) is 11.5 Å². The van der Waals surface area contributed by atoms with Crippen LogP contribution >= 0.6 is 0 Å². The topological polar surface area (TPSA) is 76.1 Å². The van der Waals surface area contributed by atoms with Crippen molar-refractivity contribution in [1.82, 2.24) is 4.90 Å². The first-order valence-corrected chi connectivity index (χ1v) is 10.1. The second-order valence-electron chi connectivity index (χ2n) is 7.35. The van der Waals surface area contributed by atoms with E-state index < -0.39 is 17.7 Å². The van der Waals surface area contributed by atoms with E-state index in [1.807, 2.05) is 62.4 Å². The lowest BCUT2D eigenvalue weighted by Gasteiger charge is -2.27. The Morgan fingerprint density at radius 1 is 1.10 bits per heavy atom. The van der Waals surface area contributed by atoms with Gasteiger partial charge in [-0.2, -0.15) is 0 Å². The summed E-state index contributed by atoms with van der Waals surface area (Å²) >= 11 is 0. The van der Waals surface area contributed by atoms with Gasteiger partial charge in [0.1, 0.15) is 11.5 Å². The number of benzene rings is 2. The summed E-state index contributed by atoms with van der Waals surface area (Å²) in [4.78, 5) is 26.8. The first-order chi connectivity index (χ1) is 14.4. The third-order valence-electron chi connectivity index (χ3n) is 4.86. The van der Waals surface area contributed by atoms with E-state index >= 15 is 0 Å². The van der Waals surface area contributed by atoms with Crippen LogP contribution in [0.25, 0.3) is 0 Å². The van der Waals surface area contributed by atoms with Gasteiger partial charge in [0.15, 0.2) is 11.5 Å². The molecule has 0 spiro atoms. The average Bonchev–Trinajstić information content (AvgIpc) is 2.99. The Kier molecular flexibility index (Phi) is 6.90. The quantitative estimate of drug-likeness (QED) is 0.656. The van der Waals surface area contributed by atoms with Crippen molar-refractivity contribution in [3.63, 3.8) is 0 Å². The second kappa shape index (κ2) is 9.59. The summed E-state index contributed by atoms with van der Waals surface area (Å²) in [5.74, 6) is -0.0291. The first kappa shape index (κ1) is 21.6. The Hall–Kier alpha value is -3.12. The van der Waals surface area contributed by atoms with Crippen molar-refractivity contribution in [1.29, 1.82) is 0 Å². The third-order valence-corrected chi connectivity index (χ3v) is 4.86. The van der Waals surface area contributed by atoms with Gasteiger partial charge in [0.2, 0.25) is 0 Å². The van der Waals surface area contributed by atoms with Gasteiger partial charge in [0.05, 0.1) is 24.3 Å². The summed E-state index contributed by atoms with van der Waals surface area (Å²) in [5.41, 5.74) is 0.825. The van der Waals surface area contributed by atoms with Crippen LogP contribution in [0.15, 0.2) is 65.9 Å². The van der Waals surface area contributed by atoms with Gasteiger partial charge >= 0.3 is 0 Å². The van der Waals surface area contributed by atoms with Gasteiger partial charge in [-0.1, -0.05) is 37.3 Å². The molecule has 0 fully saturated rings. The molecule has 0 aliphatic carbocycles. The molecule has 0 saturated carbocycles. The van der Waals surface area contributed by atoms with E-state index in [-0.39, 0.29) is 30.4 Å². The number of para-hydroxylation sites is 1. The normalized spacial score (nSPS) is 16.5. The highest BCUT2D eigenvalue weighted by Crippen LogP contribution is 2.39. The van der Waals surface area contributed by atoms with Gasteiger partial charge in [-0.3, -0.25) is 9.59 Å². The number of ether oxygens (including phenoxy) is 2. The number of hydrogen-bond donors (Lipinski definition) is 1. The summed E-state index contributed by atoms with van der Waals surface area (Å²) in [6.45, 7) is 6.10. The minimum atomic E-state index is -0.681. The van der Waals surface area contributed by atoms with E-state index in [1.165, 1.54) is 4.90 Å². The number of hydrogen-bond acceptors (Lipinski definition) is 5. The molecular formula is C24H27NO5. The van der Waals surface area contributed by atoms with Crippen LogP contribution < -0.4 is 4.74 Å². The predicted molar refractivity (Wildman–Crippen MR) is 113 cm³/mol. The standard InChI is InChI=1S/C24H27NO5/c1-4-20(26)21-22(25(24(28)23(21)27)13-14-29-16(2)3)17-9-8-12-19(15-17)30-18-10-6-5-7-11-18/h5-12,15-16,22,27H,4,13-14H2,1-3H3. The molecule has 0 bridgehead atoms. The predicted octanol–water partition coefficient (Wildman–Crippen LogP) is 4.58. The van der Waals surface area contributed by atoms with Crippen LogP contribution in [0, 0.1) is 0 Å². The zero-order valence-electron chi connectivity index (χ0n) is 17.5. The lowest BCUT2D eigenvalue weighted by atomic mass is 9.95. The fraction of sp³-hybridized carbons (Fsp3) is 0.333. The molecule has 30 heavy (non-hydrogen) atoms. The number of aliphatic hydroxyl groups is 1. The average molecular weight is 409 g/mol. The van der Waals surface area contributed by atoms with Gasteiger partial charge in [0, 0.05) is 13.0 Å². The Morgan fingerprint density at radius 2 is 1.80 bits per heavy atom. The molecule has 1 unspecified atom stereocenters. The summed E-state index contributed by atoms with van der Waals surface area (Å²) in [6, 6.07) is 15.9. The summed E-state index contributed by atoms with van der Waals surface area (Å²) in [7, 11) is 0. The van der Waals surface area contributed by atoms with Crippen LogP contribution in [0.5, 0.6) is 11.5 Å². The molecule has 0 saturated heterocycles. The van der Waals surface area contributed by atoms with E-state index in [2.05, 4.69) is 0 Å². The second-order valence-corrected chi connectivity index (χ2v) is 7.35. The molecule has 158 valence electrons. The maximum absolute atomic E-state index is 12.8. The number of Topliss-reactive ketones (excluding diaryl/α,β-unsaturated/α-hetero) is 1. The van der Waals surface area contributed by atoms with E-state index in [9.17, 15) is 14.7 Å². The lowest BCUT2D eigenvalue weighted by Crippen LogP contribution is -2.34. The minimum Gasteiger partial charge on any atom is -0.503 e. The highest BCUT2D eigenvalue weighted by molar-refractivity contribution is 6.08. The van der Waals surface area contributed by atoms with Crippen molar-refractivity contribution < 1.29 is 24.2 Å². The maximum Gasteiger partial charge on any atom is 0.290 e. The number of ketones is 1. The molecule has 6 nitrogen and oxygen atoms in total. The SMILES string of the molecule is CCC(=O)C1=C(O)C(=O)N(CCOC(C)C)C1c1cccc(Oc2ccccc2)c1. The molecule has 1 amide bonds. The van der Waals surface area contributed by atoms with Crippen LogP contribution in [0.2, 0.25) is 0 Å². The van der Waals surface area contributed by atoms with E-state index in [1.54, 1.807) is 13.0 Å². The Morgan fingerprint density at radius 3 is 2.47 bits per heavy atom. The largest absolute Gasteiger partial charge is 0.503 e. The van der Waals surface area contributed by atoms with Gasteiger partial charge < -0.3 is 19.5 Å². The van der Waals surface area contributed by atoms with E-state index in [4.69, 9.17) is 9.47 Å². The molecule has 1 heterocycles. The molecular weight excluding hydrogens is 382 g/mol. The molecule has 3 rings (SSSR count). The van der Waals surface area contributed by atoms with Crippen LogP contribution in [0.4, 0.5) is 0 Å². The van der Waals surface area contributed by atoms with Gasteiger partial charge in [0.25, 0.3) is 5.91 Å². The molecule has 0 aromatic heterocycles. The van der Waals surface area contributed by atoms with Crippen molar-refractivity contribution in [2.45, 2.75) is 39.3 Å². The number of carbonyl (C=O) groups excluding carboxylic acids is 2. The maximum atomic E-state index is 12.8. The molecule has 1 aliphatic rings. The fourth-order valence-corrected chi connectivity index (χ4v) is 3.47. The van der Waals surface area contributed by atoms with E-state index in [0.717, 1.165) is 0 Å². The van der Waals surface area contributed by atoms with Crippen LogP contribution in [-0.2, 0) is 14.3 Å². The monoisotopic (exact) mass is 409 g/mol. The van der Waals surface area contributed by atoms with E-state index in [0.29, 0.717) is 23.7 Å². The molecule has 1 aliphatic heterocycles. The molecule has 1 atom stereocenters. The molecule has 2 aromatic rings. The number of aliphatic hydroxyl groups excluding tert-OH is 1. The highest BCUT2D eigenvalue weighted by atomic mass is 16.5. The van der Waals surface area contributed by atoms with Gasteiger partial charge in [-0.25, -0.2) is 0 Å². The van der Waals surface area contributed by atoms with Crippen molar-refractivity contribution in [2.24, 2.45) is 0 Å². The number of rotatable bonds is 9. The third kappa shape index (κ3) is 4.71.